The highest BCUT2D eigenvalue weighted by Gasteiger charge is 2.11. The van der Waals surface area contributed by atoms with Crippen LogP contribution in [-0.4, -0.2) is 17.6 Å². The maximum atomic E-state index is 13.3. The molecule has 0 atom stereocenters. The van der Waals surface area contributed by atoms with Crippen molar-refractivity contribution < 1.29 is 9.18 Å². The second-order valence-corrected chi connectivity index (χ2v) is 3.95. The lowest BCUT2D eigenvalue weighted by Crippen LogP contribution is -2.39. The van der Waals surface area contributed by atoms with Gasteiger partial charge >= 0.3 is 0 Å². The smallest absolute Gasteiger partial charge is 0.260 e. The Balaban J connectivity index is 2.49. The molecule has 0 fully saturated rings. The number of carbonyl (C=O) groups excluding carboxylic acids is 1. The Kier molecular flexibility index (Phi) is 5.56. The number of carbonyl (C=O) groups is 1. The molecule has 1 aromatic carbocycles. The van der Waals surface area contributed by atoms with Crippen molar-refractivity contribution in [2.75, 3.05) is 6.54 Å². The monoisotopic (exact) mass is 254 g/mol. The van der Waals surface area contributed by atoms with Crippen LogP contribution in [0.1, 0.15) is 30.1 Å². The third kappa shape index (κ3) is 4.48. The highest BCUT2D eigenvalue weighted by molar-refractivity contribution is 7.80. The van der Waals surface area contributed by atoms with E-state index in [1.54, 1.807) is 6.07 Å². The molecule has 0 aliphatic heterocycles. The van der Waals surface area contributed by atoms with E-state index in [-0.39, 0.29) is 10.7 Å². The maximum absolute atomic E-state index is 13.3. The van der Waals surface area contributed by atoms with Crippen LogP contribution in [0, 0.1) is 5.82 Å². The van der Waals surface area contributed by atoms with Crippen molar-refractivity contribution in [3.8, 4) is 0 Å². The molecule has 0 aromatic heterocycles. The Labute approximate surface area is 105 Å². The maximum Gasteiger partial charge on any atom is 0.260 e. The van der Waals surface area contributed by atoms with Crippen LogP contribution in [0.25, 0.3) is 0 Å². The van der Waals surface area contributed by atoms with Crippen LogP contribution in [0.2, 0.25) is 0 Å². The topological polar surface area (TPSA) is 41.1 Å². The second kappa shape index (κ2) is 6.96. The molecule has 0 radical (unpaired) electrons. The lowest BCUT2D eigenvalue weighted by atomic mass is 10.2. The van der Waals surface area contributed by atoms with E-state index in [1.165, 1.54) is 18.2 Å². The van der Waals surface area contributed by atoms with Crippen molar-refractivity contribution in [2.45, 2.75) is 19.8 Å². The van der Waals surface area contributed by atoms with Crippen molar-refractivity contribution in [3.05, 3.63) is 35.6 Å². The molecule has 0 bridgehead atoms. The van der Waals surface area contributed by atoms with Gasteiger partial charge in [-0.2, -0.15) is 0 Å². The van der Waals surface area contributed by atoms with Crippen LogP contribution in [0.4, 0.5) is 4.39 Å². The fourth-order valence-electron chi connectivity index (χ4n) is 1.24. The zero-order valence-corrected chi connectivity index (χ0v) is 10.4. The number of amides is 1. The predicted molar refractivity (Wildman–Crippen MR) is 69.4 cm³/mol. The number of rotatable bonds is 4. The SMILES string of the molecule is CCCCNC(=S)NC(=O)c1ccccc1F. The summed E-state index contributed by atoms with van der Waals surface area (Å²) in [5.41, 5.74) is -0.00728. The third-order valence-corrected chi connectivity index (χ3v) is 2.41. The molecular formula is C12H15FN2OS. The van der Waals surface area contributed by atoms with Crippen molar-refractivity contribution in [1.29, 1.82) is 0 Å². The van der Waals surface area contributed by atoms with E-state index in [1.807, 2.05) is 0 Å². The molecule has 0 saturated carbocycles. The van der Waals surface area contributed by atoms with E-state index in [4.69, 9.17) is 12.2 Å². The van der Waals surface area contributed by atoms with Crippen molar-refractivity contribution in [3.63, 3.8) is 0 Å². The van der Waals surface area contributed by atoms with E-state index < -0.39 is 11.7 Å². The molecule has 1 aromatic rings. The first kappa shape index (κ1) is 13.6. The zero-order chi connectivity index (χ0) is 12.7. The summed E-state index contributed by atoms with van der Waals surface area (Å²) in [5, 5.41) is 5.55. The minimum Gasteiger partial charge on any atom is -0.362 e. The highest BCUT2D eigenvalue weighted by atomic mass is 32.1. The van der Waals surface area contributed by atoms with Gasteiger partial charge in [0.15, 0.2) is 5.11 Å². The summed E-state index contributed by atoms with van der Waals surface area (Å²) < 4.78 is 13.3. The van der Waals surface area contributed by atoms with E-state index in [9.17, 15) is 9.18 Å². The molecule has 1 rings (SSSR count). The number of halogens is 1. The quantitative estimate of drug-likeness (QED) is 0.639. The van der Waals surface area contributed by atoms with Crippen LogP contribution < -0.4 is 10.6 Å². The summed E-state index contributed by atoms with van der Waals surface area (Å²) in [4.78, 5) is 11.6. The van der Waals surface area contributed by atoms with Gasteiger partial charge in [0.2, 0.25) is 0 Å². The first-order valence-corrected chi connectivity index (χ1v) is 5.89. The molecule has 0 aliphatic carbocycles. The van der Waals surface area contributed by atoms with Gasteiger partial charge in [0, 0.05) is 6.54 Å². The van der Waals surface area contributed by atoms with E-state index >= 15 is 0 Å². The summed E-state index contributed by atoms with van der Waals surface area (Å²) in [6.07, 6.45) is 2.01. The summed E-state index contributed by atoms with van der Waals surface area (Å²) in [5.74, 6) is -1.08. The summed E-state index contributed by atoms with van der Waals surface area (Å²) >= 11 is 4.92. The van der Waals surface area contributed by atoms with Crippen molar-refractivity contribution in [1.82, 2.24) is 10.6 Å². The molecule has 0 spiro atoms. The molecule has 0 unspecified atom stereocenters. The van der Waals surface area contributed by atoms with Crippen molar-refractivity contribution >= 4 is 23.2 Å². The van der Waals surface area contributed by atoms with Gasteiger partial charge in [-0.3, -0.25) is 10.1 Å². The Hall–Kier alpha value is -1.49. The van der Waals surface area contributed by atoms with Crippen LogP contribution in [0.5, 0.6) is 0 Å². The van der Waals surface area contributed by atoms with Crippen LogP contribution >= 0.6 is 12.2 Å². The van der Waals surface area contributed by atoms with E-state index in [0.29, 0.717) is 6.54 Å². The molecule has 2 N–H and O–H groups in total. The van der Waals surface area contributed by atoms with E-state index in [2.05, 4.69) is 17.6 Å². The van der Waals surface area contributed by atoms with Crippen molar-refractivity contribution in [2.24, 2.45) is 0 Å². The summed E-state index contributed by atoms with van der Waals surface area (Å²) in [6, 6.07) is 5.79. The number of thiocarbonyl (C=S) groups is 1. The zero-order valence-electron chi connectivity index (χ0n) is 9.63. The molecule has 1 amide bonds. The molecule has 0 aliphatic rings. The molecule has 17 heavy (non-hydrogen) atoms. The number of hydrogen-bond donors (Lipinski definition) is 2. The lowest BCUT2D eigenvalue weighted by molar-refractivity contribution is 0.0973. The average molecular weight is 254 g/mol. The normalized spacial score (nSPS) is 9.76. The standard InChI is InChI=1S/C12H15FN2OS/c1-2-3-8-14-12(17)15-11(16)9-6-4-5-7-10(9)13/h4-7H,2-3,8H2,1H3,(H2,14,15,16,17). The first-order valence-electron chi connectivity index (χ1n) is 5.49. The number of benzene rings is 1. The molecular weight excluding hydrogens is 239 g/mol. The Morgan fingerprint density at radius 2 is 2.12 bits per heavy atom. The fourth-order valence-corrected chi connectivity index (χ4v) is 1.43. The fraction of sp³-hybridized carbons (Fsp3) is 0.333. The second-order valence-electron chi connectivity index (χ2n) is 3.54. The minimum absolute atomic E-state index is 0.00728. The number of nitrogens with one attached hydrogen (secondary N) is 2. The van der Waals surface area contributed by atoms with Gasteiger partial charge in [0.25, 0.3) is 5.91 Å². The number of hydrogen-bond acceptors (Lipinski definition) is 2. The molecule has 0 saturated heterocycles. The van der Waals surface area contributed by atoms with Gasteiger partial charge < -0.3 is 5.32 Å². The largest absolute Gasteiger partial charge is 0.362 e. The van der Waals surface area contributed by atoms with Gasteiger partial charge in [0.05, 0.1) is 5.56 Å². The number of unbranched alkanes of at least 4 members (excludes halogenated alkanes) is 1. The molecule has 0 heterocycles. The van der Waals surface area contributed by atoms with E-state index in [0.717, 1.165) is 12.8 Å². The van der Waals surface area contributed by atoms with Gasteiger partial charge in [0.1, 0.15) is 5.82 Å². The first-order chi connectivity index (χ1) is 8.15. The van der Waals surface area contributed by atoms with Gasteiger partial charge in [-0.15, -0.1) is 0 Å². The van der Waals surface area contributed by atoms with Gasteiger partial charge in [-0.1, -0.05) is 25.5 Å². The van der Waals surface area contributed by atoms with Crippen LogP contribution in [-0.2, 0) is 0 Å². The lowest BCUT2D eigenvalue weighted by Gasteiger charge is -2.09. The third-order valence-electron chi connectivity index (χ3n) is 2.16. The minimum atomic E-state index is -0.554. The average Bonchev–Trinajstić information content (AvgIpc) is 2.29. The summed E-state index contributed by atoms with van der Waals surface area (Å²) in [6.45, 7) is 2.76. The van der Waals surface area contributed by atoms with Gasteiger partial charge in [-0.25, -0.2) is 4.39 Å². The Bertz CT molecular complexity index is 409. The molecule has 3 nitrogen and oxygen atoms in total. The van der Waals surface area contributed by atoms with Crippen LogP contribution in [0.3, 0.4) is 0 Å². The Morgan fingerprint density at radius 3 is 2.76 bits per heavy atom. The highest BCUT2D eigenvalue weighted by Crippen LogP contribution is 2.05. The summed E-state index contributed by atoms with van der Waals surface area (Å²) in [7, 11) is 0. The van der Waals surface area contributed by atoms with Crippen LogP contribution in [0.15, 0.2) is 24.3 Å². The predicted octanol–water partition coefficient (Wildman–Crippen LogP) is 2.23. The van der Waals surface area contributed by atoms with Gasteiger partial charge in [-0.05, 0) is 30.8 Å². The molecule has 5 heteroatoms. The Morgan fingerprint density at radius 1 is 1.41 bits per heavy atom. The molecule has 92 valence electrons.